The maximum Gasteiger partial charge on any atom is 0.160 e. The Bertz CT molecular complexity index is 555. The summed E-state index contributed by atoms with van der Waals surface area (Å²) < 4.78 is 0. The highest BCUT2D eigenvalue weighted by atomic mass is 16.3. The van der Waals surface area contributed by atoms with E-state index < -0.39 is 6.10 Å². The number of ketones is 1. The fourth-order valence-electron chi connectivity index (χ4n) is 2.31. The highest BCUT2D eigenvalue weighted by Gasteiger charge is 2.10. The molecule has 96 valence electrons. The molecule has 2 rings (SSSR count). The van der Waals surface area contributed by atoms with Crippen molar-refractivity contribution in [2.45, 2.75) is 39.2 Å². The van der Waals surface area contributed by atoms with E-state index in [-0.39, 0.29) is 5.78 Å². The van der Waals surface area contributed by atoms with Crippen LogP contribution in [0.15, 0.2) is 24.4 Å². The molecule has 3 nitrogen and oxygen atoms in total. The van der Waals surface area contributed by atoms with Crippen LogP contribution in [-0.2, 0) is 11.2 Å². The van der Waals surface area contributed by atoms with Gasteiger partial charge in [0.05, 0.1) is 0 Å². The first-order valence-electron chi connectivity index (χ1n) is 6.36. The monoisotopic (exact) mass is 245 g/mol. The molecule has 1 unspecified atom stereocenters. The molecule has 3 heteroatoms. The molecule has 0 aliphatic carbocycles. The minimum absolute atomic E-state index is 0.0773. The highest BCUT2D eigenvalue weighted by Crippen LogP contribution is 2.23. The normalized spacial score (nSPS) is 12.8. The lowest BCUT2D eigenvalue weighted by Gasteiger charge is -2.04. The third kappa shape index (κ3) is 2.62. The maximum absolute atomic E-state index is 11.3. The number of aliphatic hydroxyl groups excluding tert-OH is 1. The number of nitrogens with one attached hydrogen (secondary N) is 1. The number of aliphatic hydroxyl groups is 1. The van der Waals surface area contributed by atoms with E-state index in [1.54, 1.807) is 0 Å². The molecule has 1 aromatic heterocycles. The molecule has 2 aromatic rings. The van der Waals surface area contributed by atoms with Crippen molar-refractivity contribution in [3.05, 3.63) is 35.5 Å². The van der Waals surface area contributed by atoms with Crippen LogP contribution in [-0.4, -0.2) is 22.0 Å². The second-order valence-corrected chi connectivity index (χ2v) is 4.81. The third-order valence-electron chi connectivity index (χ3n) is 3.33. The average molecular weight is 245 g/mol. The summed E-state index contributed by atoms with van der Waals surface area (Å²) in [4.78, 5) is 14.6. The molecular formula is C15H19NO2. The third-order valence-corrected chi connectivity index (χ3v) is 3.33. The highest BCUT2D eigenvalue weighted by molar-refractivity contribution is 5.86. The van der Waals surface area contributed by atoms with Crippen LogP contribution in [0.1, 0.15) is 30.9 Å². The van der Waals surface area contributed by atoms with E-state index in [1.165, 1.54) is 23.4 Å². The molecule has 0 saturated carbocycles. The van der Waals surface area contributed by atoms with E-state index >= 15 is 0 Å². The summed E-state index contributed by atoms with van der Waals surface area (Å²) in [5.41, 5.74) is 3.65. The number of carbonyl (C=O) groups is 1. The molecule has 0 radical (unpaired) electrons. The molecule has 18 heavy (non-hydrogen) atoms. The van der Waals surface area contributed by atoms with Crippen LogP contribution in [0.3, 0.4) is 0 Å². The summed E-state index contributed by atoms with van der Waals surface area (Å²) in [7, 11) is 0. The molecule has 1 atom stereocenters. The van der Waals surface area contributed by atoms with E-state index in [0.717, 1.165) is 18.4 Å². The zero-order valence-electron chi connectivity index (χ0n) is 10.9. The predicted molar refractivity (Wildman–Crippen MR) is 72.7 cm³/mol. The van der Waals surface area contributed by atoms with Crippen LogP contribution in [0, 0.1) is 6.92 Å². The van der Waals surface area contributed by atoms with Gasteiger partial charge in [0, 0.05) is 23.5 Å². The lowest BCUT2D eigenvalue weighted by atomic mass is 10.0. The number of aromatic nitrogens is 1. The van der Waals surface area contributed by atoms with E-state index in [0.29, 0.717) is 6.42 Å². The molecule has 0 spiro atoms. The smallest absolute Gasteiger partial charge is 0.160 e. The van der Waals surface area contributed by atoms with Gasteiger partial charge in [-0.1, -0.05) is 12.1 Å². The molecule has 0 saturated heterocycles. The van der Waals surface area contributed by atoms with Crippen molar-refractivity contribution in [3.8, 4) is 0 Å². The van der Waals surface area contributed by atoms with Crippen molar-refractivity contribution in [2.24, 2.45) is 0 Å². The molecule has 2 N–H and O–H groups in total. The molecule has 0 aliphatic heterocycles. The van der Waals surface area contributed by atoms with Gasteiger partial charge in [-0.15, -0.1) is 0 Å². The quantitative estimate of drug-likeness (QED) is 0.851. The Morgan fingerprint density at radius 3 is 2.94 bits per heavy atom. The minimum Gasteiger partial charge on any atom is -0.386 e. The van der Waals surface area contributed by atoms with Gasteiger partial charge in [-0.2, -0.15) is 0 Å². The largest absolute Gasteiger partial charge is 0.386 e. The van der Waals surface area contributed by atoms with Crippen LogP contribution in [0.4, 0.5) is 0 Å². The fourth-order valence-corrected chi connectivity index (χ4v) is 2.31. The number of aryl methyl sites for hydroxylation is 2. The van der Waals surface area contributed by atoms with E-state index in [4.69, 9.17) is 5.11 Å². The number of rotatable bonds is 5. The first-order chi connectivity index (χ1) is 8.59. The van der Waals surface area contributed by atoms with E-state index in [9.17, 15) is 4.79 Å². The SMILES string of the molecule is Cc1cccc2[nH]cc(CCCC(=O)C(C)O)c12. The number of benzene rings is 1. The van der Waals surface area contributed by atoms with Crippen LogP contribution in [0.2, 0.25) is 0 Å². The van der Waals surface area contributed by atoms with E-state index in [1.807, 2.05) is 12.3 Å². The molecule has 1 aromatic carbocycles. The summed E-state index contributed by atoms with van der Waals surface area (Å²) in [6, 6.07) is 6.20. The number of hydrogen-bond donors (Lipinski definition) is 2. The Balaban J connectivity index is 2.06. The number of hydrogen-bond acceptors (Lipinski definition) is 2. The van der Waals surface area contributed by atoms with Gasteiger partial charge in [-0.25, -0.2) is 0 Å². The lowest BCUT2D eigenvalue weighted by Crippen LogP contribution is -2.15. The van der Waals surface area contributed by atoms with Gasteiger partial charge in [-0.3, -0.25) is 4.79 Å². The van der Waals surface area contributed by atoms with Crippen molar-refractivity contribution < 1.29 is 9.90 Å². The van der Waals surface area contributed by atoms with Gasteiger partial charge in [0.2, 0.25) is 0 Å². The Kier molecular flexibility index (Phi) is 3.82. The van der Waals surface area contributed by atoms with Crippen molar-refractivity contribution in [3.63, 3.8) is 0 Å². The van der Waals surface area contributed by atoms with Gasteiger partial charge in [-0.05, 0) is 43.9 Å². The number of aromatic amines is 1. The van der Waals surface area contributed by atoms with Crippen LogP contribution < -0.4 is 0 Å². The molecular weight excluding hydrogens is 226 g/mol. The van der Waals surface area contributed by atoms with Crippen molar-refractivity contribution in [2.75, 3.05) is 0 Å². The summed E-state index contributed by atoms with van der Waals surface area (Å²) in [6.07, 6.45) is 3.27. The number of fused-ring (bicyclic) bond motifs is 1. The lowest BCUT2D eigenvalue weighted by molar-refractivity contribution is -0.126. The standard InChI is InChI=1S/C15H19NO2/c1-10-5-3-7-13-15(10)12(9-16-13)6-4-8-14(18)11(2)17/h3,5,7,9,11,16-17H,4,6,8H2,1-2H3. The summed E-state index contributed by atoms with van der Waals surface area (Å²) in [5.74, 6) is -0.0773. The summed E-state index contributed by atoms with van der Waals surface area (Å²) in [6.45, 7) is 3.62. The second kappa shape index (κ2) is 5.36. The van der Waals surface area contributed by atoms with Crippen molar-refractivity contribution in [1.29, 1.82) is 0 Å². The van der Waals surface area contributed by atoms with Crippen LogP contribution >= 0.6 is 0 Å². The zero-order chi connectivity index (χ0) is 13.1. The number of carbonyl (C=O) groups excluding carboxylic acids is 1. The van der Waals surface area contributed by atoms with Gasteiger partial charge in [0.15, 0.2) is 5.78 Å². The zero-order valence-corrected chi connectivity index (χ0v) is 10.9. The van der Waals surface area contributed by atoms with Gasteiger partial charge in [0.25, 0.3) is 0 Å². The summed E-state index contributed by atoms with van der Waals surface area (Å²) >= 11 is 0. The predicted octanol–water partition coefficient (Wildman–Crippen LogP) is 2.75. The van der Waals surface area contributed by atoms with Crippen molar-refractivity contribution in [1.82, 2.24) is 4.98 Å². The molecule has 0 aliphatic rings. The minimum atomic E-state index is -0.838. The van der Waals surface area contributed by atoms with E-state index in [2.05, 4.69) is 24.0 Å². The molecule has 1 heterocycles. The Morgan fingerprint density at radius 1 is 1.44 bits per heavy atom. The van der Waals surface area contributed by atoms with Gasteiger partial charge < -0.3 is 10.1 Å². The average Bonchev–Trinajstić information content (AvgIpc) is 2.73. The van der Waals surface area contributed by atoms with Crippen LogP contribution in [0.25, 0.3) is 10.9 Å². The molecule has 0 fully saturated rings. The first kappa shape index (κ1) is 12.8. The molecule has 0 bridgehead atoms. The summed E-state index contributed by atoms with van der Waals surface area (Å²) in [5, 5.41) is 10.4. The van der Waals surface area contributed by atoms with Crippen LogP contribution in [0.5, 0.6) is 0 Å². The number of Topliss-reactive ketones (excluding diaryl/α,β-unsaturated/α-hetero) is 1. The Labute approximate surface area is 107 Å². The second-order valence-electron chi connectivity index (χ2n) is 4.81. The number of H-pyrrole nitrogens is 1. The Hall–Kier alpha value is -1.61. The topological polar surface area (TPSA) is 53.1 Å². The van der Waals surface area contributed by atoms with Gasteiger partial charge in [0.1, 0.15) is 6.10 Å². The van der Waals surface area contributed by atoms with Gasteiger partial charge >= 0.3 is 0 Å². The Morgan fingerprint density at radius 2 is 2.22 bits per heavy atom. The van der Waals surface area contributed by atoms with Crippen molar-refractivity contribution >= 4 is 16.7 Å². The fraction of sp³-hybridized carbons (Fsp3) is 0.400. The molecule has 0 amide bonds. The first-order valence-corrected chi connectivity index (χ1v) is 6.36. The maximum atomic E-state index is 11.3.